The minimum atomic E-state index is -0.837. The Morgan fingerprint density at radius 3 is 2.24 bits per heavy atom. The number of hydrogen-bond donors (Lipinski definition) is 2. The van der Waals surface area contributed by atoms with Crippen LogP contribution >= 0.6 is 0 Å². The zero-order chi connectivity index (χ0) is 14.7. The van der Waals surface area contributed by atoms with Gasteiger partial charge in [0.15, 0.2) is 0 Å². The molecule has 0 spiro atoms. The van der Waals surface area contributed by atoms with Gasteiger partial charge in [-0.15, -0.1) is 0 Å². The molecule has 0 amide bonds. The zero-order valence-electron chi connectivity index (χ0n) is 12.6. The molecule has 0 heterocycles. The Bertz CT molecular complexity index is 438. The van der Waals surface area contributed by atoms with Crippen molar-refractivity contribution in [3.63, 3.8) is 0 Å². The third-order valence-corrected chi connectivity index (χ3v) is 6.31. The van der Waals surface area contributed by atoms with Crippen LogP contribution in [0.25, 0.3) is 0 Å². The normalized spacial score (nSPS) is 46.8. The standard InChI is InChI=1S/C17H26O4/c18-14(10-15(19)3-1-2-4-15)21-17-8-12-5-13(9-17)7-16(20,6-12)11-17/h12-13,19-20H,1-11H2. The van der Waals surface area contributed by atoms with E-state index < -0.39 is 16.8 Å². The van der Waals surface area contributed by atoms with Gasteiger partial charge in [0.1, 0.15) is 5.60 Å². The highest BCUT2D eigenvalue weighted by molar-refractivity contribution is 5.71. The van der Waals surface area contributed by atoms with E-state index in [1.807, 2.05) is 0 Å². The largest absolute Gasteiger partial charge is 0.459 e. The minimum Gasteiger partial charge on any atom is -0.459 e. The molecule has 0 saturated heterocycles. The Labute approximate surface area is 125 Å². The summed E-state index contributed by atoms with van der Waals surface area (Å²) < 4.78 is 5.88. The second-order valence-electron chi connectivity index (χ2n) is 8.45. The number of carbonyl (C=O) groups is 1. The third kappa shape index (κ3) is 2.50. The first-order chi connectivity index (χ1) is 9.88. The molecule has 4 heteroatoms. The Balaban J connectivity index is 1.45. The SMILES string of the molecule is O=C(CC1(O)CCCC1)OC12CC3CC(CC(O)(C3)C1)C2. The van der Waals surface area contributed by atoms with Crippen molar-refractivity contribution in [1.29, 1.82) is 0 Å². The average Bonchev–Trinajstić information content (AvgIpc) is 2.70. The van der Waals surface area contributed by atoms with Gasteiger partial charge in [0, 0.05) is 6.42 Å². The van der Waals surface area contributed by atoms with Crippen LogP contribution in [-0.2, 0) is 9.53 Å². The summed E-state index contributed by atoms with van der Waals surface area (Å²) in [6.45, 7) is 0. The van der Waals surface area contributed by atoms with Gasteiger partial charge in [-0.1, -0.05) is 12.8 Å². The van der Waals surface area contributed by atoms with E-state index in [-0.39, 0.29) is 12.4 Å². The lowest BCUT2D eigenvalue weighted by Gasteiger charge is -2.59. The molecule has 4 bridgehead atoms. The summed E-state index contributed by atoms with van der Waals surface area (Å²) in [7, 11) is 0. The molecule has 0 aromatic rings. The monoisotopic (exact) mass is 294 g/mol. The topological polar surface area (TPSA) is 66.8 Å². The predicted molar refractivity (Wildman–Crippen MR) is 76.5 cm³/mol. The van der Waals surface area contributed by atoms with Crippen LogP contribution in [0.15, 0.2) is 0 Å². The van der Waals surface area contributed by atoms with Crippen LogP contribution in [0.3, 0.4) is 0 Å². The molecule has 2 atom stereocenters. The smallest absolute Gasteiger partial charge is 0.309 e. The fourth-order valence-electron chi connectivity index (χ4n) is 6.01. The summed E-state index contributed by atoms with van der Waals surface area (Å²) in [5, 5.41) is 21.0. The lowest BCUT2D eigenvalue weighted by Crippen LogP contribution is -2.60. The van der Waals surface area contributed by atoms with Crippen molar-refractivity contribution >= 4 is 5.97 Å². The Hall–Kier alpha value is -0.610. The molecule has 0 aromatic carbocycles. The van der Waals surface area contributed by atoms with E-state index in [9.17, 15) is 15.0 Å². The maximum atomic E-state index is 12.3. The summed E-state index contributed by atoms with van der Waals surface area (Å²) in [5.74, 6) is 0.766. The van der Waals surface area contributed by atoms with Crippen molar-refractivity contribution in [3.8, 4) is 0 Å². The maximum absolute atomic E-state index is 12.3. The number of ether oxygens (including phenoxy) is 1. The van der Waals surface area contributed by atoms with Gasteiger partial charge in [-0.2, -0.15) is 0 Å². The molecule has 5 saturated carbocycles. The number of aliphatic hydroxyl groups is 2. The van der Waals surface area contributed by atoms with Crippen molar-refractivity contribution < 1.29 is 19.7 Å². The van der Waals surface area contributed by atoms with Crippen LogP contribution in [-0.4, -0.2) is 33.0 Å². The molecule has 5 fully saturated rings. The maximum Gasteiger partial charge on any atom is 0.309 e. The van der Waals surface area contributed by atoms with E-state index >= 15 is 0 Å². The van der Waals surface area contributed by atoms with E-state index in [4.69, 9.17) is 4.74 Å². The molecule has 2 N–H and O–H groups in total. The summed E-state index contributed by atoms with van der Waals surface area (Å²) >= 11 is 0. The van der Waals surface area contributed by atoms with Crippen LogP contribution in [0.4, 0.5) is 0 Å². The van der Waals surface area contributed by atoms with E-state index in [0.29, 0.717) is 31.1 Å². The highest BCUT2D eigenvalue weighted by Gasteiger charge is 2.59. The second kappa shape index (κ2) is 4.45. The molecular weight excluding hydrogens is 268 g/mol. The summed E-state index contributed by atoms with van der Waals surface area (Å²) in [6, 6.07) is 0. The molecule has 4 nitrogen and oxygen atoms in total. The van der Waals surface area contributed by atoms with Gasteiger partial charge in [-0.25, -0.2) is 0 Å². The fraction of sp³-hybridized carbons (Fsp3) is 0.941. The first kappa shape index (κ1) is 14.0. The van der Waals surface area contributed by atoms with E-state index in [1.54, 1.807) is 0 Å². The number of hydrogen-bond acceptors (Lipinski definition) is 4. The number of esters is 1. The molecule has 2 unspecified atom stereocenters. The Morgan fingerprint density at radius 1 is 1.05 bits per heavy atom. The molecule has 118 valence electrons. The fourth-order valence-corrected chi connectivity index (χ4v) is 6.01. The quantitative estimate of drug-likeness (QED) is 0.784. The van der Waals surface area contributed by atoms with Gasteiger partial charge < -0.3 is 14.9 Å². The van der Waals surface area contributed by atoms with Gasteiger partial charge in [-0.3, -0.25) is 4.79 Å². The number of rotatable bonds is 3. The summed E-state index contributed by atoms with van der Waals surface area (Å²) in [6.07, 6.45) is 8.93. The van der Waals surface area contributed by atoms with Crippen LogP contribution in [0.2, 0.25) is 0 Å². The average molecular weight is 294 g/mol. The molecule has 21 heavy (non-hydrogen) atoms. The highest BCUT2D eigenvalue weighted by Crippen LogP contribution is 2.59. The van der Waals surface area contributed by atoms with Crippen LogP contribution in [0.1, 0.15) is 70.6 Å². The van der Waals surface area contributed by atoms with Crippen molar-refractivity contribution in [1.82, 2.24) is 0 Å². The molecule has 5 rings (SSSR count). The molecule has 0 aliphatic heterocycles. The first-order valence-electron chi connectivity index (χ1n) is 8.54. The highest BCUT2D eigenvalue weighted by atomic mass is 16.6. The van der Waals surface area contributed by atoms with Crippen molar-refractivity contribution in [3.05, 3.63) is 0 Å². The molecule has 0 radical (unpaired) electrons. The van der Waals surface area contributed by atoms with Crippen LogP contribution in [0, 0.1) is 11.8 Å². The lowest BCUT2D eigenvalue weighted by molar-refractivity contribution is -0.221. The Morgan fingerprint density at radius 2 is 1.67 bits per heavy atom. The molecule has 5 aliphatic carbocycles. The number of carbonyl (C=O) groups excluding carboxylic acids is 1. The van der Waals surface area contributed by atoms with Crippen molar-refractivity contribution in [2.45, 2.75) is 87.4 Å². The molecule has 5 aliphatic rings. The van der Waals surface area contributed by atoms with E-state index in [1.165, 1.54) is 6.42 Å². The van der Waals surface area contributed by atoms with Crippen molar-refractivity contribution in [2.24, 2.45) is 11.8 Å². The Kier molecular flexibility index (Phi) is 2.97. The van der Waals surface area contributed by atoms with E-state index in [0.717, 1.165) is 38.5 Å². The van der Waals surface area contributed by atoms with Gasteiger partial charge in [0.25, 0.3) is 0 Å². The van der Waals surface area contributed by atoms with Gasteiger partial charge in [-0.05, 0) is 56.8 Å². The van der Waals surface area contributed by atoms with Gasteiger partial charge >= 0.3 is 5.97 Å². The zero-order valence-corrected chi connectivity index (χ0v) is 12.6. The molecule has 0 aromatic heterocycles. The minimum absolute atomic E-state index is 0.127. The predicted octanol–water partition coefficient (Wildman–Crippen LogP) is 2.31. The van der Waals surface area contributed by atoms with Crippen LogP contribution in [0.5, 0.6) is 0 Å². The van der Waals surface area contributed by atoms with E-state index in [2.05, 4.69) is 0 Å². The second-order valence-corrected chi connectivity index (χ2v) is 8.45. The summed E-state index contributed by atoms with van der Waals surface area (Å²) in [5.41, 5.74) is -1.88. The first-order valence-corrected chi connectivity index (χ1v) is 8.54. The van der Waals surface area contributed by atoms with Crippen LogP contribution < -0.4 is 0 Å². The third-order valence-electron chi connectivity index (χ3n) is 6.31. The van der Waals surface area contributed by atoms with Gasteiger partial charge in [0.2, 0.25) is 0 Å². The molecular formula is C17H26O4. The van der Waals surface area contributed by atoms with Crippen molar-refractivity contribution in [2.75, 3.05) is 0 Å². The summed E-state index contributed by atoms with van der Waals surface area (Å²) in [4.78, 5) is 12.3. The lowest BCUT2D eigenvalue weighted by atomic mass is 9.52. The van der Waals surface area contributed by atoms with Gasteiger partial charge in [0.05, 0.1) is 17.6 Å².